The molecule has 0 aliphatic carbocycles. The van der Waals surface area contributed by atoms with Crippen LogP contribution in [0, 0.1) is 0 Å². The van der Waals surface area contributed by atoms with Gasteiger partial charge in [-0.1, -0.05) is 58.0 Å². The lowest BCUT2D eigenvalue weighted by molar-refractivity contribution is -0.137. The standard InChI is InChI=1S/C15H7Cl5F3NO2/c16-9-4-8(25-2-1-12(19)20)5-10(17)13(9)26-14-11(18)3-7(6-24-14)15(21,22)23/h1,3-6H,2H2. The number of halogens is 8. The molecule has 0 saturated carbocycles. The van der Waals surface area contributed by atoms with Crippen LogP contribution in [0.5, 0.6) is 17.4 Å². The van der Waals surface area contributed by atoms with Crippen molar-refractivity contribution in [1.29, 1.82) is 0 Å². The summed E-state index contributed by atoms with van der Waals surface area (Å²) < 4.78 is 48.6. The quantitative estimate of drug-likeness (QED) is 0.455. The zero-order valence-corrected chi connectivity index (χ0v) is 16.2. The zero-order chi connectivity index (χ0) is 19.5. The van der Waals surface area contributed by atoms with Crippen molar-refractivity contribution in [3.8, 4) is 17.4 Å². The number of nitrogens with zero attached hydrogens (tertiary/aromatic N) is 1. The smallest absolute Gasteiger partial charge is 0.417 e. The molecule has 0 fully saturated rings. The Labute approximate surface area is 171 Å². The number of hydrogen-bond acceptors (Lipinski definition) is 3. The van der Waals surface area contributed by atoms with Gasteiger partial charge < -0.3 is 9.47 Å². The maximum Gasteiger partial charge on any atom is 0.417 e. The van der Waals surface area contributed by atoms with Crippen LogP contribution in [0.2, 0.25) is 15.1 Å². The first-order chi connectivity index (χ1) is 12.1. The lowest BCUT2D eigenvalue weighted by Crippen LogP contribution is -2.06. The number of hydrogen-bond donors (Lipinski definition) is 0. The van der Waals surface area contributed by atoms with E-state index in [4.69, 9.17) is 67.5 Å². The second-order valence-electron chi connectivity index (χ2n) is 4.63. The van der Waals surface area contributed by atoms with Gasteiger partial charge in [0.15, 0.2) is 5.75 Å². The SMILES string of the molecule is FC(F)(F)c1cnc(Oc2c(Cl)cc(OCC=C(Cl)Cl)cc2Cl)c(Cl)c1. The van der Waals surface area contributed by atoms with Crippen molar-refractivity contribution in [1.82, 2.24) is 4.98 Å². The number of ether oxygens (including phenoxy) is 2. The van der Waals surface area contributed by atoms with Gasteiger partial charge in [0.2, 0.25) is 5.88 Å². The molecular weight excluding hydrogens is 460 g/mol. The molecule has 140 valence electrons. The van der Waals surface area contributed by atoms with Crippen LogP contribution in [0.1, 0.15) is 5.56 Å². The summed E-state index contributed by atoms with van der Waals surface area (Å²) >= 11 is 28.9. The largest absolute Gasteiger partial charge is 0.489 e. The molecule has 0 atom stereocenters. The third kappa shape index (κ3) is 5.72. The summed E-state index contributed by atoms with van der Waals surface area (Å²) in [6.45, 7) is 0.0709. The molecular formula is C15H7Cl5F3NO2. The van der Waals surface area contributed by atoms with Crippen LogP contribution in [0.25, 0.3) is 0 Å². The van der Waals surface area contributed by atoms with Crippen LogP contribution in [0.3, 0.4) is 0 Å². The van der Waals surface area contributed by atoms with Gasteiger partial charge in [0, 0.05) is 18.3 Å². The monoisotopic (exact) mass is 465 g/mol. The first-order valence-electron chi connectivity index (χ1n) is 6.61. The number of pyridine rings is 1. The Hall–Kier alpha value is -1.05. The van der Waals surface area contributed by atoms with E-state index in [-0.39, 0.29) is 37.8 Å². The zero-order valence-electron chi connectivity index (χ0n) is 12.4. The van der Waals surface area contributed by atoms with Gasteiger partial charge in [-0.3, -0.25) is 0 Å². The Kier molecular flexibility index (Phi) is 7.16. The van der Waals surface area contributed by atoms with E-state index < -0.39 is 11.7 Å². The highest BCUT2D eigenvalue weighted by Crippen LogP contribution is 2.41. The second kappa shape index (κ2) is 8.76. The lowest BCUT2D eigenvalue weighted by atomic mass is 10.3. The fraction of sp³-hybridized carbons (Fsp3) is 0.133. The molecule has 3 nitrogen and oxygen atoms in total. The first kappa shape index (κ1) is 21.3. The van der Waals surface area contributed by atoms with Crippen LogP contribution < -0.4 is 9.47 Å². The van der Waals surface area contributed by atoms with Gasteiger partial charge in [-0.2, -0.15) is 13.2 Å². The fourth-order valence-corrected chi connectivity index (χ4v) is 2.55. The van der Waals surface area contributed by atoms with E-state index in [2.05, 4.69) is 4.98 Å². The number of benzene rings is 1. The predicted molar refractivity (Wildman–Crippen MR) is 96.1 cm³/mol. The number of alkyl halides is 3. The molecule has 2 rings (SSSR count). The summed E-state index contributed by atoms with van der Waals surface area (Å²) in [6.07, 6.45) is -2.59. The minimum absolute atomic E-state index is 0.0326. The Morgan fingerprint density at radius 3 is 2.15 bits per heavy atom. The minimum atomic E-state index is -4.58. The molecule has 0 saturated heterocycles. The van der Waals surface area contributed by atoms with E-state index in [1.54, 1.807) is 0 Å². The molecule has 1 aromatic heterocycles. The van der Waals surface area contributed by atoms with E-state index in [1.165, 1.54) is 18.2 Å². The summed E-state index contributed by atoms with van der Waals surface area (Å²) in [5.74, 6) is -0.0283. The van der Waals surface area contributed by atoms with Crippen molar-refractivity contribution in [2.75, 3.05) is 6.61 Å². The van der Waals surface area contributed by atoms with Gasteiger partial charge in [-0.15, -0.1) is 0 Å². The third-order valence-electron chi connectivity index (χ3n) is 2.79. The molecule has 1 heterocycles. The normalized spacial score (nSPS) is 11.2. The second-order valence-corrected chi connectivity index (χ2v) is 6.86. The van der Waals surface area contributed by atoms with Gasteiger partial charge in [-0.05, 0) is 12.1 Å². The van der Waals surface area contributed by atoms with Crippen LogP contribution in [0.4, 0.5) is 13.2 Å². The Bertz CT molecular complexity index is 816. The average Bonchev–Trinajstić information content (AvgIpc) is 2.50. The van der Waals surface area contributed by atoms with Gasteiger partial charge >= 0.3 is 6.18 Å². The third-order valence-corrected chi connectivity index (χ3v) is 3.93. The summed E-state index contributed by atoms with van der Waals surface area (Å²) in [6, 6.07) is 3.46. The molecule has 0 aliphatic rings. The molecule has 11 heteroatoms. The van der Waals surface area contributed by atoms with E-state index in [1.807, 2.05) is 0 Å². The molecule has 0 unspecified atom stereocenters. The minimum Gasteiger partial charge on any atom is -0.489 e. The Balaban J connectivity index is 2.23. The maximum absolute atomic E-state index is 12.6. The van der Waals surface area contributed by atoms with Crippen LogP contribution >= 0.6 is 58.0 Å². The Morgan fingerprint density at radius 1 is 1.04 bits per heavy atom. The summed E-state index contributed by atoms with van der Waals surface area (Å²) in [5, 5.41) is -0.286. The summed E-state index contributed by atoms with van der Waals surface area (Å²) in [5.41, 5.74) is -1.01. The van der Waals surface area contributed by atoms with Crippen molar-refractivity contribution in [2.24, 2.45) is 0 Å². The highest BCUT2D eigenvalue weighted by molar-refractivity contribution is 6.55. The molecule has 0 spiro atoms. The van der Waals surface area contributed by atoms with Crippen molar-refractivity contribution >= 4 is 58.0 Å². The van der Waals surface area contributed by atoms with Crippen LogP contribution in [0.15, 0.2) is 35.0 Å². The van der Waals surface area contributed by atoms with Crippen molar-refractivity contribution in [3.63, 3.8) is 0 Å². The van der Waals surface area contributed by atoms with E-state index in [9.17, 15) is 13.2 Å². The lowest BCUT2D eigenvalue weighted by Gasteiger charge is -2.13. The van der Waals surface area contributed by atoms with E-state index >= 15 is 0 Å². The van der Waals surface area contributed by atoms with E-state index in [0.717, 1.165) is 0 Å². The highest BCUT2D eigenvalue weighted by Gasteiger charge is 2.32. The maximum atomic E-state index is 12.6. The van der Waals surface area contributed by atoms with Crippen LogP contribution in [-0.2, 0) is 6.18 Å². The number of rotatable bonds is 5. The topological polar surface area (TPSA) is 31.4 Å². The van der Waals surface area contributed by atoms with Crippen molar-refractivity contribution in [2.45, 2.75) is 6.18 Å². The molecule has 0 bridgehead atoms. The van der Waals surface area contributed by atoms with Gasteiger partial charge in [0.25, 0.3) is 0 Å². The highest BCUT2D eigenvalue weighted by atomic mass is 35.5. The fourth-order valence-electron chi connectivity index (χ4n) is 1.67. The summed E-state index contributed by atoms with van der Waals surface area (Å²) in [4.78, 5) is 3.55. The molecule has 0 radical (unpaired) electrons. The van der Waals surface area contributed by atoms with Gasteiger partial charge in [0.05, 0.1) is 15.6 Å². The molecule has 26 heavy (non-hydrogen) atoms. The van der Waals surface area contributed by atoms with Crippen molar-refractivity contribution in [3.05, 3.63) is 55.6 Å². The summed E-state index contributed by atoms with van der Waals surface area (Å²) in [7, 11) is 0. The first-order valence-corrected chi connectivity index (χ1v) is 8.50. The van der Waals surface area contributed by atoms with Gasteiger partial charge in [0.1, 0.15) is 21.9 Å². The molecule has 0 N–H and O–H groups in total. The number of aromatic nitrogens is 1. The molecule has 1 aromatic carbocycles. The molecule has 0 amide bonds. The predicted octanol–water partition coefficient (Wildman–Crippen LogP) is 7.55. The Morgan fingerprint density at radius 2 is 1.65 bits per heavy atom. The molecule has 2 aromatic rings. The molecule has 0 aliphatic heterocycles. The van der Waals surface area contributed by atoms with Gasteiger partial charge in [-0.25, -0.2) is 4.98 Å². The van der Waals surface area contributed by atoms with E-state index in [0.29, 0.717) is 18.0 Å². The van der Waals surface area contributed by atoms with Crippen molar-refractivity contribution < 1.29 is 22.6 Å². The van der Waals surface area contributed by atoms with Crippen LogP contribution in [-0.4, -0.2) is 11.6 Å². The average molecular weight is 467 g/mol.